The molecule has 0 radical (unpaired) electrons. The average molecular weight is 624 g/mol. The molecule has 186 valence electrons. The summed E-state index contributed by atoms with van der Waals surface area (Å²) in [5.41, 5.74) is 2.29. The molecule has 5 nitrogen and oxygen atoms in total. The van der Waals surface area contributed by atoms with Gasteiger partial charge in [-0.2, -0.15) is 0 Å². The Morgan fingerprint density at radius 3 is 2.49 bits per heavy atom. The topological polar surface area (TPSA) is 48.0 Å². The summed E-state index contributed by atoms with van der Waals surface area (Å²) >= 11 is 8.86. The van der Waals surface area contributed by atoms with E-state index in [1.807, 2.05) is 25.1 Å². The van der Waals surface area contributed by atoms with Gasteiger partial charge in [0.25, 0.3) is 5.91 Å². The molecule has 0 aromatic heterocycles. The summed E-state index contributed by atoms with van der Waals surface area (Å²) in [6.07, 6.45) is 8.48. The van der Waals surface area contributed by atoms with Crippen molar-refractivity contribution in [3.8, 4) is 17.2 Å². The third kappa shape index (κ3) is 6.51. The molecule has 1 saturated heterocycles. The van der Waals surface area contributed by atoms with Gasteiger partial charge in [0.1, 0.15) is 23.3 Å². The van der Waals surface area contributed by atoms with E-state index in [4.69, 9.17) is 26.4 Å². The predicted octanol–water partition coefficient (Wildman–Crippen LogP) is 7.03. The highest BCUT2D eigenvalue weighted by atomic mass is 127. The number of benzene rings is 2. The minimum atomic E-state index is -0.0549. The Hall–Kier alpha value is -1.78. The van der Waals surface area contributed by atoms with Gasteiger partial charge in [0.15, 0.2) is 11.5 Å². The molecule has 0 unspecified atom stereocenters. The van der Waals surface area contributed by atoms with Crippen molar-refractivity contribution in [2.24, 2.45) is 0 Å². The SMILES string of the molecule is CCN1C(=O)C(=Cc2cc(I)c(OCCOc3ccc(C4CCCCC4)cc3)c(OC)c2)SC1=S. The number of amides is 1. The van der Waals surface area contributed by atoms with E-state index in [0.717, 1.165) is 14.9 Å². The van der Waals surface area contributed by atoms with E-state index >= 15 is 0 Å². The fourth-order valence-electron chi connectivity index (χ4n) is 4.46. The molecule has 2 aromatic rings. The third-order valence-electron chi connectivity index (χ3n) is 6.29. The third-order valence-corrected chi connectivity index (χ3v) is 8.47. The first-order valence-corrected chi connectivity index (χ1v) is 14.3. The Morgan fingerprint density at radius 1 is 1.11 bits per heavy atom. The van der Waals surface area contributed by atoms with Crippen LogP contribution in [0.4, 0.5) is 0 Å². The van der Waals surface area contributed by atoms with Crippen molar-refractivity contribution in [2.45, 2.75) is 44.9 Å². The van der Waals surface area contributed by atoms with Crippen LogP contribution >= 0.6 is 46.6 Å². The highest BCUT2D eigenvalue weighted by Gasteiger charge is 2.30. The monoisotopic (exact) mass is 623 g/mol. The number of hydrogen-bond donors (Lipinski definition) is 0. The summed E-state index contributed by atoms with van der Waals surface area (Å²) in [5, 5.41) is 0. The number of ether oxygens (including phenoxy) is 3. The zero-order chi connectivity index (χ0) is 24.8. The molecule has 8 heteroatoms. The van der Waals surface area contributed by atoms with Gasteiger partial charge < -0.3 is 14.2 Å². The van der Waals surface area contributed by atoms with Gasteiger partial charge in [-0.1, -0.05) is 55.4 Å². The predicted molar refractivity (Wildman–Crippen MR) is 155 cm³/mol. The molecule has 0 bridgehead atoms. The maximum absolute atomic E-state index is 12.5. The summed E-state index contributed by atoms with van der Waals surface area (Å²) < 4.78 is 19.0. The van der Waals surface area contributed by atoms with Crippen molar-refractivity contribution >= 4 is 62.9 Å². The number of hydrogen-bond acceptors (Lipinski definition) is 6. The van der Waals surface area contributed by atoms with E-state index in [1.54, 1.807) is 12.0 Å². The second-order valence-electron chi connectivity index (χ2n) is 8.56. The smallest absolute Gasteiger partial charge is 0.266 e. The summed E-state index contributed by atoms with van der Waals surface area (Å²) in [6, 6.07) is 12.4. The number of methoxy groups -OCH3 is 1. The number of halogens is 1. The maximum Gasteiger partial charge on any atom is 0.266 e. The highest BCUT2D eigenvalue weighted by Crippen LogP contribution is 2.37. The van der Waals surface area contributed by atoms with E-state index < -0.39 is 0 Å². The summed E-state index contributed by atoms with van der Waals surface area (Å²) in [6.45, 7) is 3.32. The summed E-state index contributed by atoms with van der Waals surface area (Å²) in [4.78, 5) is 14.7. The van der Waals surface area contributed by atoms with Crippen molar-refractivity contribution in [3.05, 3.63) is 56.0 Å². The van der Waals surface area contributed by atoms with Gasteiger partial charge in [-0.3, -0.25) is 9.69 Å². The van der Waals surface area contributed by atoms with E-state index in [9.17, 15) is 4.79 Å². The number of nitrogens with zero attached hydrogens (tertiary/aromatic N) is 1. The normalized spacial score (nSPS) is 17.8. The minimum absolute atomic E-state index is 0.0549. The molecule has 2 aliphatic rings. The van der Waals surface area contributed by atoms with Crippen LogP contribution in [-0.4, -0.2) is 42.0 Å². The number of thiocarbonyl (C=S) groups is 1. The van der Waals surface area contributed by atoms with Gasteiger partial charge in [0.2, 0.25) is 0 Å². The second kappa shape index (κ2) is 12.5. The summed E-state index contributed by atoms with van der Waals surface area (Å²) in [5.74, 6) is 2.78. The lowest BCUT2D eigenvalue weighted by Gasteiger charge is -2.22. The van der Waals surface area contributed by atoms with Crippen LogP contribution in [0.1, 0.15) is 56.1 Å². The number of rotatable bonds is 9. The van der Waals surface area contributed by atoms with Gasteiger partial charge in [0.05, 0.1) is 15.6 Å². The number of thioether (sulfide) groups is 1. The molecule has 1 aliphatic heterocycles. The van der Waals surface area contributed by atoms with Crippen LogP contribution in [0.15, 0.2) is 41.3 Å². The largest absolute Gasteiger partial charge is 0.493 e. The average Bonchev–Trinajstić information content (AvgIpc) is 3.15. The Kier molecular flexibility index (Phi) is 9.35. The lowest BCUT2D eigenvalue weighted by molar-refractivity contribution is -0.121. The van der Waals surface area contributed by atoms with Crippen LogP contribution < -0.4 is 14.2 Å². The van der Waals surface area contributed by atoms with Crippen molar-refractivity contribution < 1.29 is 19.0 Å². The molecule has 1 saturated carbocycles. The number of carbonyl (C=O) groups is 1. The molecular formula is C27H30INO4S2. The van der Waals surface area contributed by atoms with E-state index in [-0.39, 0.29) is 5.91 Å². The zero-order valence-corrected chi connectivity index (χ0v) is 23.8. The molecule has 1 amide bonds. The Bertz CT molecular complexity index is 1100. The van der Waals surface area contributed by atoms with Crippen molar-refractivity contribution in [3.63, 3.8) is 0 Å². The molecule has 2 fully saturated rings. The van der Waals surface area contributed by atoms with Crippen LogP contribution in [0.3, 0.4) is 0 Å². The number of likely N-dealkylation sites (N-methyl/N-ethyl adjacent to an activating group) is 1. The number of carbonyl (C=O) groups excluding carboxylic acids is 1. The molecule has 2 aromatic carbocycles. The van der Waals surface area contributed by atoms with Gasteiger partial charge in [0, 0.05) is 6.54 Å². The van der Waals surface area contributed by atoms with Crippen LogP contribution in [0.5, 0.6) is 17.2 Å². The first kappa shape index (κ1) is 26.3. The van der Waals surface area contributed by atoms with Gasteiger partial charge in [-0.25, -0.2) is 0 Å². The zero-order valence-electron chi connectivity index (χ0n) is 20.1. The van der Waals surface area contributed by atoms with Crippen LogP contribution in [0.2, 0.25) is 0 Å². The van der Waals surface area contributed by atoms with Crippen molar-refractivity contribution in [1.29, 1.82) is 0 Å². The standard InChI is InChI=1S/C27H30INO4S2/c1-3-29-26(30)24(35-27(29)34)17-18-15-22(28)25(23(16-18)31-2)33-14-13-32-21-11-9-20(10-12-21)19-7-5-4-6-8-19/h9-12,15-17,19H,3-8,13-14H2,1-2H3. The Balaban J connectivity index is 1.34. The molecule has 0 atom stereocenters. The van der Waals surface area contributed by atoms with Crippen molar-refractivity contribution in [1.82, 2.24) is 4.90 Å². The molecule has 0 N–H and O–H groups in total. The minimum Gasteiger partial charge on any atom is -0.493 e. The molecule has 1 aliphatic carbocycles. The Labute approximate surface area is 230 Å². The lowest BCUT2D eigenvalue weighted by atomic mass is 9.84. The first-order chi connectivity index (χ1) is 17.0. The summed E-state index contributed by atoms with van der Waals surface area (Å²) in [7, 11) is 1.61. The second-order valence-corrected chi connectivity index (χ2v) is 11.4. The quantitative estimate of drug-likeness (QED) is 0.130. The fraction of sp³-hybridized carbons (Fsp3) is 0.407. The Morgan fingerprint density at radius 2 is 1.83 bits per heavy atom. The van der Waals surface area contributed by atoms with Crippen LogP contribution in [0.25, 0.3) is 6.08 Å². The molecule has 1 heterocycles. The van der Waals surface area contributed by atoms with E-state index in [1.165, 1.54) is 49.4 Å². The van der Waals surface area contributed by atoms with Crippen LogP contribution in [-0.2, 0) is 4.79 Å². The maximum atomic E-state index is 12.5. The highest BCUT2D eigenvalue weighted by molar-refractivity contribution is 14.1. The molecular weight excluding hydrogens is 593 g/mol. The van der Waals surface area contributed by atoms with Crippen molar-refractivity contribution in [2.75, 3.05) is 26.9 Å². The fourth-order valence-corrected chi connectivity index (χ4v) is 6.63. The van der Waals surface area contributed by atoms with Gasteiger partial charge in [-0.05, 0) is 89.7 Å². The van der Waals surface area contributed by atoms with Gasteiger partial charge >= 0.3 is 0 Å². The molecule has 4 rings (SSSR count). The molecule has 35 heavy (non-hydrogen) atoms. The first-order valence-electron chi connectivity index (χ1n) is 12.0. The van der Waals surface area contributed by atoms with E-state index in [0.29, 0.717) is 46.4 Å². The van der Waals surface area contributed by atoms with E-state index in [2.05, 4.69) is 46.9 Å². The van der Waals surface area contributed by atoms with Crippen LogP contribution in [0, 0.1) is 3.57 Å². The van der Waals surface area contributed by atoms with Gasteiger partial charge in [-0.15, -0.1) is 0 Å². The molecule has 0 spiro atoms. The lowest BCUT2D eigenvalue weighted by Crippen LogP contribution is -2.27.